The maximum atomic E-state index is 11.7. The van der Waals surface area contributed by atoms with Gasteiger partial charge in [0.05, 0.1) is 6.20 Å². The van der Waals surface area contributed by atoms with E-state index >= 15 is 0 Å². The van der Waals surface area contributed by atoms with Crippen molar-refractivity contribution in [3.05, 3.63) is 42.4 Å². The molecule has 0 aliphatic carbocycles. The molecule has 92 valence electrons. The van der Waals surface area contributed by atoms with E-state index < -0.39 is 6.03 Å². The van der Waals surface area contributed by atoms with Gasteiger partial charge in [-0.25, -0.2) is 9.78 Å². The minimum Gasteiger partial charge on any atom is -0.508 e. The summed E-state index contributed by atoms with van der Waals surface area (Å²) in [6.45, 7) is 1.79. The summed E-state index contributed by atoms with van der Waals surface area (Å²) >= 11 is 0. The van der Waals surface area contributed by atoms with Crippen LogP contribution in [0.1, 0.15) is 5.56 Å². The van der Waals surface area contributed by atoms with Crippen LogP contribution < -0.4 is 10.6 Å². The molecule has 0 unspecified atom stereocenters. The molecular formula is C12H12N4O2. The third-order valence-corrected chi connectivity index (χ3v) is 2.26. The number of carbonyl (C=O) groups excluding carboxylic acids is 1. The van der Waals surface area contributed by atoms with Crippen molar-refractivity contribution in [3.8, 4) is 5.75 Å². The van der Waals surface area contributed by atoms with Crippen molar-refractivity contribution in [3.63, 3.8) is 0 Å². The van der Waals surface area contributed by atoms with E-state index in [0.29, 0.717) is 11.5 Å². The van der Waals surface area contributed by atoms with Crippen molar-refractivity contribution in [2.75, 3.05) is 10.6 Å². The van der Waals surface area contributed by atoms with Gasteiger partial charge in [-0.05, 0) is 30.7 Å². The minimum atomic E-state index is -0.413. The molecule has 6 heteroatoms. The molecule has 6 nitrogen and oxygen atoms in total. The zero-order valence-corrected chi connectivity index (χ0v) is 9.71. The van der Waals surface area contributed by atoms with Gasteiger partial charge in [-0.15, -0.1) is 0 Å². The summed E-state index contributed by atoms with van der Waals surface area (Å²) in [4.78, 5) is 19.4. The van der Waals surface area contributed by atoms with E-state index in [4.69, 9.17) is 0 Å². The summed E-state index contributed by atoms with van der Waals surface area (Å²) in [7, 11) is 0. The number of aromatic hydroxyl groups is 1. The topological polar surface area (TPSA) is 87.1 Å². The lowest BCUT2D eigenvalue weighted by Gasteiger charge is -2.09. The number of nitrogens with zero attached hydrogens (tertiary/aromatic N) is 2. The zero-order chi connectivity index (χ0) is 13.0. The lowest BCUT2D eigenvalue weighted by molar-refractivity contribution is 0.262. The first-order chi connectivity index (χ1) is 8.65. The monoisotopic (exact) mass is 244 g/mol. The highest BCUT2D eigenvalue weighted by Gasteiger charge is 2.05. The first-order valence-electron chi connectivity index (χ1n) is 5.29. The van der Waals surface area contributed by atoms with E-state index in [2.05, 4.69) is 20.6 Å². The Morgan fingerprint density at radius 1 is 1.28 bits per heavy atom. The molecule has 18 heavy (non-hydrogen) atoms. The number of rotatable bonds is 2. The Labute approximate surface area is 104 Å². The average molecular weight is 244 g/mol. The van der Waals surface area contributed by atoms with E-state index in [0.717, 1.165) is 5.56 Å². The Kier molecular flexibility index (Phi) is 3.38. The van der Waals surface area contributed by atoms with Gasteiger partial charge in [0.25, 0.3) is 0 Å². The summed E-state index contributed by atoms with van der Waals surface area (Å²) in [5.74, 6) is 0.527. The molecule has 0 saturated heterocycles. The molecule has 1 aromatic heterocycles. The number of aryl methyl sites for hydroxylation is 1. The smallest absolute Gasteiger partial charge is 0.324 e. The lowest BCUT2D eigenvalue weighted by atomic mass is 10.2. The average Bonchev–Trinajstić information content (AvgIpc) is 2.34. The second kappa shape index (κ2) is 5.13. The molecule has 2 rings (SSSR count). The van der Waals surface area contributed by atoms with Crippen LogP contribution in [-0.4, -0.2) is 21.1 Å². The SMILES string of the molecule is Cc1cc(O)ccc1NC(=O)Nc1cnccn1. The molecule has 0 fully saturated rings. The fourth-order valence-electron chi connectivity index (χ4n) is 1.42. The molecule has 0 aliphatic rings. The fraction of sp³-hybridized carbons (Fsp3) is 0.0833. The highest BCUT2D eigenvalue weighted by molar-refractivity contribution is 5.99. The molecule has 3 N–H and O–H groups in total. The number of urea groups is 1. The number of anilines is 2. The van der Waals surface area contributed by atoms with Crippen molar-refractivity contribution in [1.29, 1.82) is 0 Å². The molecule has 2 amide bonds. The molecule has 1 aromatic carbocycles. The molecular weight excluding hydrogens is 232 g/mol. The maximum Gasteiger partial charge on any atom is 0.324 e. The normalized spacial score (nSPS) is 9.83. The molecule has 0 bridgehead atoms. The van der Waals surface area contributed by atoms with Gasteiger partial charge in [-0.3, -0.25) is 10.3 Å². The van der Waals surface area contributed by atoms with Crippen molar-refractivity contribution in [2.24, 2.45) is 0 Å². The van der Waals surface area contributed by atoms with Crippen molar-refractivity contribution >= 4 is 17.5 Å². The number of aromatic nitrogens is 2. The standard InChI is InChI=1S/C12H12N4O2/c1-8-6-9(17)2-3-10(8)15-12(18)16-11-7-13-4-5-14-11/h2-7,17H,1H3,(H2,14,15,16,18). The van der Waals surface area contributed by atoms with Gasteiger partial charge in [0.2, 0.25) is 0 Å². The Balaban J connectivity index is 2.03. The third kappa shape index (κ3) is 2.94. The van der Waals surface area contributed by atoms with Crippen LogP contribution in [0.15, 0.2) is 36.8 Å². The molecule has 0 atom stereocenters. The fourth-order valence-corrected chi connectivity index (χ4v) is 1.42. The lowest BCUT2D eigenvalue weighted by Crippen LogP contribution is -2.20. The van der Waals surface area contributed by atoms with Gasteiger partial charge in [0.1, 0.15) is 5.75 Å². The van der Waals surface area contributed by atoms with E-state index in [1.807, 2.05) is 0 Å². The van der Waals surface area contributed by atoms with E-state index in [9.17, 15) is 9.90 Å². The summed E-state index contributed by atoms with van der Waals surface area (Å²) < 4.78 is 0. The Morgan fingerprint density at radius 2 is 2.11 bits per heavy atom. The van der Waals surface area contributed by atoms with Crippen molar-refractivity contribution in [1.82, 2.24) is 9.97 Å². The molecule has 1 heterocycles. The predicted molar refractivity (Wildman–Crippen MR) is 67.5 cm³/mol. The highest BCUT2D eigenvalue weighted by Crippen LogP contribution is 2.20. The predicted octanol–water partition coefficient (Wildman–Crippen LogP) is 2.13. The van der Waals surface area contributed by atoms with Gasteiger partial charge in [0, 0.05) is 18.1 Å². The van der Waals surface area contributed by atoms with Crippen LogP contribution in [0.3, 0.4) is 0 Å². The van der Waals surface area contributed by atoms with Crippen LogP contribution in [0.5, 0.6) is 5.75 Å². The number of carbonyl (C=O) groups is 1. The van der Waals surface area contributed by atoms with Crippen LogP contribution in [0.2, 0.25) is 0 Å². The second-order valence-corrected chi connectivity index (χ2v) is 3.67. The quantitative estimate of drug-likeness (QED) is 0.706. The highest BCUT2D eigenvalue weighted by atomic mass is 16.3. The van der Waals surface area contributed by atoms with Gasteiger partial charge in [-0.2, -0.15) is 0 Å². The molecule has 0 radical (unpaired) electrons. The number of phenolic OH excluding ortho intramolecular Hbond substituents is 1. The Bertz CT molecular complexity index is 557. The van der Waals surface area contributed by atoms with Crippen LogP contribution in [0.4, 0.5) is 16.3 Å². The number of phenols is 1. The van der Waals surface area contributed by atoms with Gasteiger partial charge in [0.15, 0.2) is 5.82 Å². The van der Waals surface area contributed by atoms with Crippen LogP contribution in [0.25, 0.3) is 0 Å². The molecule has 0 spiro atoms. The van der Waals surface area contributed by atoms with Crippen molar-refractivity contribution < 1.29 is 9.90 Å². The number of hydrogen-bond acceptors (Lipinski definition) is 4. The summed E-state index contributed by atoms with van der Waals surface area (Å²) in [5.41, 5.74) is 1.39. The summed E-state index contributed by atoms with van der Waals surface area (Å²) in [5, 5.41) is 14.5. The summed E-state index contributed by atoms with van der Waals surface area (Å²) in [6.07, 6.45) is 4.46. The summed E-state index contributed by atoms with van der Waals surface area (Å²) in [6, 6.07) is 4.29. The van der Waals surface area contributed by atoms with Gasteiger partial charge < -0.3 is 10.4 Å². The largest absolute Gasteiger partial charge is 0.508 e. The first-order valence-corrected chi connectivity index (χ1v) is 5.29. The van der Waals surface area contributed by atoms with Crippen LogP contribution in [-0.2, 0) is 0 Å². The Morgan fingerprint density at radius 3 is 2.78 bits per heavy atom. The number of hydrogen-bond donors (Lipinski definition) is 3. The zero-order valence-electron chi connectivity index (χ0n) is 9.71. The molecule has 2 aromatic rings. The van der Waals surface area contributed by atoms with E-state index in [1.165, 1.54) is 24.7 Å². The number of amides is 2. The van der Waals surface area contributed by atoms with E-state index in [-0.39, 0.29) is 5.75 Å². The Hall–Kier alpha value is -2.63. The van der Waals surface area contributed by atoms with Gasteiger partial charge >= 0.3 is 6.03 Å². The van der Waals surface area contributed by atoms with Crippen LogP contribution >= 0.6 is 0 Å². The molecule has 0 saturated carbocycles. The number of benzene rings is 1. The van der Waals surface area contributed by atoms with Gasteiger partial charge in [-0.1, -0.05) is 0 Å². The first kappa shape index (κ1) is 11.8. The minimum absolute atomic E-state index is 0.160. The van der Waals surface area contributed by atoms with Crippen molar-refractivity contribution in [2.45, 2.75) is 6.92 Å². The molecule has 0 aliphatic heterocycles. The van der Waals surface area contributed by atoms with E-state index in [1.54, 1.807) is 19.1 Å². The van der Waals surface area contributed by atoms with Crippen LogP contribution in [0, 0.1) is 6.92 Å². The number of nitrogens with one attached hydrogen (secondary N) is 2. The maximum absolute atomic E-state index is 11.7. The third-order valence-electron chi connectivity index (χ3n) is 2.26. The second-order valence-electron chi connectivity index (χ2n) is 3.67.